The topological polar surface area (TPSA) is 107 Å². The molecule has 1 aliphatic carbocycles. The number of nitrogens with zero attached hydrogens (tertiary/aromatic N) is 2. The number of carbonyl (C=O) groups excluding carboxylic acids is 1. The molecule has 0 spiro atoms. The van der Waals surface area contributed by atoms with Crippen LogP contribution >= 0.6 is 23.2 Å². The molecule has 206 valence electrons. The van der Waals surface area contributed by atoms with Crippen molar-refractivity contribution in [1.82, 2.24) is 13.9 Å². The number of hydrogen-bond donors (Lipinski definition) is 2. The molecule has 2 aromatic rings. The lowest BCUT2D eigenvalue weighted by atomic mass is 9.67. The summed E-state index contributed by atoms with van der Waals surface area (Å²) in [6.45, 7) is 1.71. The van der Waals surface area contributed by atoms with Crippen molar-refractivity contribution < 1.29 is 23.1 Å². The first-order valence-electron chi connectivity index (χ1n) is 12.5. The SMILES string of the molecule is CN(C)S(=O)(=O)NC[C@H](C1CC1)N1C(=O)[C@@](C)(CC(=O)O)CC(c2cccc(Cl)c2)[C@H]1c1ccc(Cl)cc1. The highest BCUT2D eigenvalue weighted by molar-refractivity contribution is 7.87. The zero-order chi connectivity index (χ0) is 27.8. The van der Waals surface area contributed by atoms with Crippen molar-refractivity contribution in [3.8, 4) is 0 Å². The van der Waals surface area contributed by atoms with Gasteiger partial charge in [-0.3, -0.25) is 9.59 Å². The molecule has 1 heterocycles. The summed E-state index contributed by atoms with van der Waals surface area (Å²) < 4.78 is 29.0. The molecule has 4 rings (SSSR count). The first kappa shape index (κ1) is 28.8. The van der Waals surface area contributed by atoms with Crippen LogP contribution in [0.3, 0.4) is 0 Å². The zero-order valence-electron chi connectivity index (χ0n) is 21.6. The van der Waals surface area contributed by atoms with Crippen LogP contribution in [0.1, 0.15) is 55.7 Å². The molecule has 1 saturated carbocycles. The molecule has 8 nitrogen and oxygen atoms in total. The molecule has 0 radical (unpaired) electrons. The number of carboxylic acids is 1. The van der Waals surface area contributed by atoms with Crippen molar-refractivity contribution >= 4 is 45.3 Å². The lowest BCUT2D eigenvalue weighted by molar-refractivity contribution is -0.161. The molecular weight excluding hydrogens is 549 g/mol. The van der Waals surface area contributed by atoms with Crippen LogP contribution in [0, 0.1) is 11.3 Å². The summed E-state index contributed by atoms with van der Waals surface area (Å²) in [6.07, 6.45) is 1.66. The number of carboxylic acid groups (broad SMARTS) is 1. The van der Waals surface area contributed by atoms with E-state index in [1.165, 1.54) is 14.1 Å². The number of likely N-dealkylation sites (tertiary alicyclic amines) is 1. The number of amides is 1. The van der Waals surface area contributed by atoms with Gasteiger partial charge in [0.15, 0.2) is 0 Å². The summed E-state index contributed by atoms with van der Waals surface area (Å²) in [5, 5.41) is 10.9. The summed E-state index contributed by atoms with van der Waals surface area (Å²) in [7, 11) is -0.864. The van der Waals surface area contributed by atoms with Crippen molar-refractivity contribution in [3.63, 3.8) is 0 Å². The van der Waals surface area contributed by atoms with Crippen molar-refractivity contribution in [3.05, 3.63) is 69.7 Å². The number of carbonyl (C=O) groups is 2. The minimum absolute atomic E-state index is 0.0203. The van der Waals surface area contributed by atoms with E-state index in [0.29, 0.717) is 16.5 Å². The third-order valence-electron chi connectivity index (χ3n) is 7.61. The number of piperidine rings is 1. The molecule has 2 N–H and O–H groups in total. The van der Waals surface area contributed by atoms with Gasteiger partial charge in [0.2, 0.25) is 5.91 Å². The van der Waals surface area contributed by atoms with Crippen LogP contribution < -0.4 is 4.72 Å². The first-order chi connectivity index (χ1) is 17.8. The average molecular weight is 583 g/mol. The van der Waals surface area contributed by atoms with E-state index in [0.717, 1.165) is 28.3 Å². The Morgan fingerprint density at radius 1 is 1.13 bits per heavy atom. The number of nitrogens with one attached hydrogen (secondary N) is 1. The molecule has 1 unspecified atom stereocenters. The molecule has 1 amide bonds. The van der Waals surface area contributed by atoms with Crippen molar-refractivity contribution in [2.45, 2.75) is 50.6 Å². The van der Waals surface area contributed by atoms with Gasteiger partial charge in [0.1, 0.15) is 0 Å². The summed E-state index contributed by atoms with van der Waals surface area (Å²) in [6, 6.07) is 13.7. The smallest absolute Gasteiger partial charge is 0.304 e. The lowest BCUT2D eigenvalue weighted by Gasteiger charge is -2.52. The zero-order valence-corrected chi connectivity index (χ0v) is 23.9. The molecule has 1 aliphatic heterocycles. The summed E-state index contributed by atoms with van der Waals surface area (Å²) in [4.78, 5) is 28.0. The second-order valence-corrected chi connectivity index (χ2v) is 13.6. The molecule has 4 atom stereocenters. The van der Waals surface area contributed by atoms with Gasteiger partial charge in [-0.15, -0.1) is 0 Å². The van der Waals surface area contributed by atoms with E-state index in [9.17, 15) is 23.1 Å². The Balaban J connectivity index is 1.88. The molecular formula is C27H33Cl2N3O5S. The number of benzene rings is 2. The van der Waals surface area contributed by atoms with Crippen LogP contribution in [0.25, 0.3) is 0 Å². The fourth-order valence-electron chi connectivity index (χ4n) is 5.54. The van der Waals surface area contributed by atoms with Gasteiger partial charge in [-0.25, -0.2) is 4.72 Å². The highest BCUT2D eigenvalue weighted by Gasteiger charge is 2.54. The van der Waals surface area contributed by atoms with E-state index in [2.05, 4.69) is 4.72 Å². The second kappa shape index (κ2) is 11.1. The highest BCUT2D eigenvalue weighted by Crippen LogP contribution is 2.54. The van der Waals surface area contributed by atoms with E-state index < -0.39 is 33.7 Å². The third-order valence-corrected chi connectivity index (χ3v) is 9.59. The van der Waals surface area contributed by atoms with Gasteiger partial charge in [-0.2, -0.15) is 12.7 Å². The summed E-state index contributed by atoms with van der Waals surface area (Å²) in [5.74, 6) is -1.56. The van der Waals surface area contributed by atoms with Gasteiger partial charge in [-0.1, -0.05) is 54.4 Å². The molecule has 2 aromatic carbocycles. The van der Waals surface area contributed by atoms with E-state index in [4.69, 9.17) is 23.2 Å². The van der Waals surface area contributed by atoms with E-state index in [-0.39, 0.29) is 30.7 Å². The quantitative estimate of drug-likeness (QED) is 0.422. The fourth-order valence-corrected chi connectivity index (χ4v) is 6.50. The highest BCUT2D eigenvalue weighted by atomic mass is 35.5. The van der Waals surface area contributed by atoms with Gasteiger partial charge in [0.25, 0.3) is 10.2 Å². The summed E-state index contributed by atoms with van der Waals surface area (Å²) in [5.41, 5.74) is 0.524. The van der Waals surface area contributed by atoms with Crippen LogP contribution in [0.15, 0.2) is 48.5 Å². The molecule has 2 fully saturated rings. The van der Waals surface area contributed by atoms with Crippen LogP contribution in [0.4, 0.5) is 0 Å². The van der Waals surface area contributed by atoms with Gasteiger partial charge in [0, 0.05) is 42.6 Å². The third kappa shape index (κ3) is 6.18. The Hall–Kier alpha value is -2.17. The van der Waals surface area contributed by atoms with E-state index in [1.807, 2.05) is 30.3 Å². The maximum absolute atomic E-state index is 14.3. The maximum atomic E-state index is 14.3. The number of rotatable bonds is 10. The van der Waals surface area contributed by atoms with E-state index in [1.54, 1.807) is 30.0 Å². The minimum atomic E-state index is -3.75. The molecule has 11 heteroatoms. The van der Waals surface area contributed by atoms with Crippen LogP contribution in [0.2, 0.25) is 10.0 Å². The largest absolute Gasteiger partial charge is 0.481 e. The molecule has 38 heavy (non-hydrogen) atoms. The predicted molar refractivity (Wildman–Crippen MR) is 147 cm³/mol. The Morgan fingerprint density at radius 3 is 2.34 bits per heavy atom. The average Bonchev–Trinajstić information content (AvgIpc) is 3.67. The minimum Gasteiger partial charge on any atom is -0.481 e. The molecule has 2 aliphatic rings. The normalized spacial score (nSPS) is 25.0. The number of aliphatic carboxylic acids is 1. The van der Waals surface area contributed by atoms with Crippen LogP contribution in [-0.4, -0.2) is 61.3 Å². The van der Waals surface area contributed by atoms with E-state index >= 15 is 0 Å². The molecule has 0 aromatic heterocycles. The number of hydrogen-bond acceptors (Lipinski definition) is 4. The molecule has 1 saturated heterocycles. The van der Waals surface area contributed by atoms with Gasteiger partial charge < -0.3 is 10.0 Å². The van der Waals surface area contributed by atoms with Crippen LogP contribution in [0.5, 0.6) is 0 Å². The Kier molecular flexibility index (Phi) is 8.45. The van der Waals surface area contributed by atoms with Crippen molar-refractivity contribution in [1.29, 1.82) is 0 Å². The van der Waals surface area contributed by atoms with Gasteiger partial charge in [0.05, 0.1) is 17.9 Å². The predicted octanol–water partition coefficient (Wildman–Crippen LogP) is 4.71. The summed E-state index contributed by atoms with van der Waals surface area (Å²) >= 11 is 12.6. The number of halogens is 2. The fraction of sp³-hybridized carbons (Fsp3) is 0.481. The van der Waals surface area contributed by atoms with Crippen molar-refractivity contribution in [2.24, 2.45) is 11.3 Å². The lowest BCUT2D eigenvalue weighted by Crippen LogP contribution is -2.59. The maximum Gasteiger partial charge on any atom is 0.304 e. The Morgan fingerprint density at radius 2 is 1.79 bits per heavy atom. The van der Waals surface area contributed by atoms with Crippen molar-refractivity contribution in [2.75, 3.05) is 20.6 Å². The standard InChI is InChI=1S/C27H33Cl2N3O5S/c1-27(15-24(33)34)14-22(19-5-4-6-21(29)13-19)25(18-9-11-20(28)12-10-18)32(26(27)35)23(17-7-8-17)16-30-38(36,37)31(2)3/h4-6,9-13,17,22-23,25,30H,7-8,14-16H2,1-3H3,(H,33,34)/t22?,23-,25-,27-/m1/s1. The van der Waals surface area contributed by atoms with Gasteiger partial charge in [-0.05, 0) is 60.6 Å². The Labute approximate surface area is 234 Å². The van der Waals surface area contributed by atoms with Crippen LogP contribution in [-0.2, 0) is 19.8 Å². The van der Waals surface area contributed by atoms with Gasteiger partial charge >= 0.3 is 5.97 Å². The Bertz CT molecular complexity index is 1300. The monoisotopic (exact) mass is 581 g/mol. The second-order valence-electron chi connectivity index (χ2n) is 10.7. The first-order valence-corrected chi connectivity index (χ1v) is 14.7. The molecule has 0 bridgehead atoms.